The molecule has 1 N–H and O–H groups in total. The van der Waals surface area contributed by atoms with Gasteiger partial charge in [-0.3, -0.25) is 4.90 Å². The van der Waals surface area contributed by atoms with Crippen LogP contribution in [-0.2, 0) is 6.54 Å². The topological polar surface area (TPSA) is 15.3 Å². The number of halogens is 1. The summed E-state index contributed by atoms with van der Waals surface area (Å²) < 4.78 is 1.19. The second kappa shape index (κ2) is 7.05. The number of benzene rings is 1. The third kappa shape index (κ3) is 4.16. The van der Waals surface area contributed by atoms with Crippen molar-refractivity contribution in [3.8, 4) is 0 Å². The summed E-state index contributed by atoms with van der Waals surface area (Å²) in [6.45, 7) is 5.66. The highest BCUT2D eigenvalue weighted by molar-refractivity contribution is 9.10. The molecule has 2 unspecified atom stereocenters. The summed E-state index contributed by atoms with van der Waals surface area (Å²) in [6, 6.07) is 14.0. The lowest BCUT2D eigenvalue weighted by atomic mass is 10.2. The average Bonchev–Trinajstić information content (AvgIpc) is 3.09. The first-order chi connectivity index (χ1) is 10.2. The molecular formula is C17H21BrN2S. The zero-order valence-electron chi connectivity index (χ0n) is 12.3. The molecule has 1 fully saturated rings. The number of rotatable bonds is 5. The molecule has 1 saturated heterocycles. The normalized spacial score (nSPS) is 20.8. The van der Waals surface area contributed by atoms with E-state index in [2.05, 4.69) is 74.8 Å². The Kier molecular flexibility index (Phi) is 5.11. The summed E-state index contributed by atoms with van der Waals surface area (Å²) in [6.07, 6.45) is 1.24. The minimum absolute atomic E-state index is 0.433. The van der Waals surface area contributed by atoms with Crippen molar-refractivity contribution in [1.82, 2.24) is 10.2 Å². The van der Waals surface area contributed by atoms with Gasteiger partial charge in [-0.05, 0) is 40.9 Å². The van der Waals surface area contributed by atoms with Crippen LogP contribution in [0.4, 0.5) is 0 Å². The molecule has 0 aliphatic carbocycles. The number of hydrogen-bond acceptors (Lipinski definition) is 3. The van der Waals surface area contributed by atoms with Gasteiger partial charge in [0.25, 0.3) is 0 Å². The molecule has 2 atom stereocenters. The Morgan fingerprint density at radius 3 is 2.90 bits per heavy atom. The van der Waals surface area contributed by atoms with Crippen molar-refractivity contribution in [2.75, 3.05) is 13.1 Å². The van der Waals surface area contributed by atoms with E-state index in [0.29, 0.717) is 12.1 Å². The van der Waals surface area contributed by atoms with Crippen LogP contribution < -0.4 is 5.32 Å². The minimum atomic E-state index is 0.433. The van der Waals surface area contributed by atoms with Gasteiger partial charge in [0.05, 0.1) is 0 Å². The molecule has 0 bridgehead atoms. The Morgan fingerprint density at radius 1 is 1.38 bits per heavy atom. The predicted molar refractivity (Wildman–Crippen MR) is 93.7 cm³/mol. The number of nitrogens with one attached hydrogen (secondary N) is 1. The molecule has 1 aromatic carbocycles. The Hall–Kier alpha value is -0.680. The summed E-state index contributed by atoms with van der Waals surface area (Å²) in [5, 5.41) is 5.93. The Labute approximate surface area is 139 Å². The minimum Gasteiger partial charge on any atom is -0.305 e. The number of likely N-dealkylation sites (tertiary alicyclic amines) is 1. The van der Waals surface area contributed by atoms with Crippen molar-refractivity contribution in [3.63, 3.8) is 0 Å². The lowest BCUT2D eigenvalue weighted by Crippen LogP contribution is -2.33. The highest BCUT2D eigenvalue weighted by Gasteiger charge is 2.24. The Morgan fingerprint density at radius 2 is 2.19 bits per heavy atom. The van der Waals surface area contributed by atoms with Gasteiger partial charge in [0.1, 0.15) is 0 Å². The molecule has 1 aliphatic heterocycles. The molecule has 1 aromatic heterocycles. The molecule has 2 nitrogen and oxygen atoms in total. The fraction of sp³-hybridized carbons (Fsp3) is 0.412. The van der Waals surface area contributed by atoms with Crippen molar-refractivity contribution in [3.05, 3.63) is 56.7 Å². The van der Waals surface area contributed by atoms with E-state index in [1.807, 2.05) is 11.3 Å². The van der Waals surface area contributed by atoms with Gasteiger partial charge < -0.3 is 5.32 Å². The van der Waals surface area contributed by atoms with Crippen LogP contribution in [0, 0.1) is 0 Å². The summed E-state index contributed by atoms with van der Waals surface area (Å²) in [4.78, 5) is 3.95. The van der Waals surface area contributed by atoms with Crippen LogP contribution in [-0.4, -0.2) is 24.0 Å². The molecule has 0 spiro atoms. The van der Waals surface area contributed by atoms with Crippen LogP contribution >= 0.6 is 27.3 Å². The fourth-order valence-corrected chi connectivity index (χ4v) is 4.41. The van der Waals surface area contributed by atoms with E-state index >= 15 is 0 Å². The number of nitrogens with zero attached hydrogens (tertiary/aromatic N) is 1. The van der Waals surface area contributed by atoms with E-state index in [4.69, 9.17) is 0 Å². The zero-order chi connectivity index (χ0) is 14.7. The smallest absolute Gasteiger partial charge is 0.0389 e. The standard InChI is InChI=1S/C17H21BrN2S/c1-13(17-9-15(18)12-21-17)19-16-7-8-20(11-16)10-14-5-3-2-4-6-14/h2-6,9,12-13,16,19H,7-8,10-11H2,1H3. The maximum absolute atomic E-state index is 3.77. The Balaban J connectivity index is 1.50. The van der Waals surface area contributed by atoms with Gasteiger partial charge in [0, 0.05) is 46.4 Å². The SMILES string of the molecule is CC(NC1CCN(Cc2ccccc2)C1)c1cc(Br)cs1. The molecule has 0 saturated carbocycles. The second-order valence-corrected chi connectivity index (χ2v) is 7.62. The molecule has 4 heteroatoms. The van der Waals surface area contributed by atoms with Gasteiger partial charge in [-0.1, -0.05) is 30.3 Å². The van der Waals surface area contributed by atoms with Crippen LogP contribution in [0.25, 0.3) is 0 Å². The first-order valence-electron chi connectivity index (χ1n) is 7.47. The first-order valence-corrected chi connectivity index (χ1v) is 9.14. The van der Waals surface area contributed by atoms with Gasteiger partial charge in [0.15, 0.2) is 0 Å². The molecule has 1 aliphatic rings. The lowest BCUT2D eigenvalue weighted by Gasteiger charge is -2.20. The highest BCUT2D eigenvalue weighted by Crippen LogP contribution is 2.26. The summed E-state index contributed by atoms with van der Waals surface area (Å²) >= 11 is 5.36. The maximum Gasteiger partial charge on any atom is 0.0389 e. The van der Waals surface area contributed by atoms with Gasteiger partial charge >= 0.3 is 0 Å². The average molecular weight is 365 g/mol. The zero-order valence-corrected chi connectivity index (χ0v) is 14.7. The van der Waals surface area contributed by atoms with Gasteiger partial charge in [-0.15, -0.1) is 11.3 Å². The monoisotopic (exact) mass is 364 g/mol. The third-order valence-corrected chi connectivity index (χ3v) is 5.90. The highest BCUT2D eigenvalue weighted by atomic mass is 79.9. The van der Waals surface area contributed by atoms with E-state index in [0.717, 1.165) is 13.1 Å². The van der Waals surface area contributed by atoms with Crippen LogP contribution in [0.1, 0.15) is 29.8 Å². The second-order valence-electron chi connectivity index (χ2n) is 5.76. The van der Waals surface area contributed by atoms with Crippen molar-refractivity contribution < 1.29 is 0 Å². The first kappa shape index (κ1) is 15.2. The predicted octanol–water partition coefficient (Wildman–Crippen LogP) is 4.44. The molecule has 112 valence electrons. The third-order valence-electron chi connectivity index (χ3n) is 4.02. The van der Waals surface area contributed by atoms with Crippen LogP contribution in [0.2, 0.25) is 0 Å². The van der Waals surface area contributed by atoms with Gasteiger partial charge in [-0.2, -0.15) is 0 Å². The summed E-state index contributed by atoms with van der Waals surface area (Å²) in [5.41, 5.74) is 1.41. The van der Waals surface area contributed by atoms with Crippen molar-refractivity contribution in [2.45, 2.75) is 32.0 Å². The van der Waals surface area contributed by atoms with Crippen molar-refractivity contribution in [2.24, 2.45) is 0 Å². The van der Waals surface area contributed by atoms with Crippen molar-refractivity contribution >= 4 is 27.3 Å². The van der Waals surface area contributed by atoms with E-state index < -0.39 is 0 Å². The fourth-order valence-electron chi connectivity index (χ4n) is 2.94. The van der Waals surface area contributed by atoms with Crippen LogP contribution in [0.5, 0.6) is 0 Å². The Bertz CT molecular complexity index is 569. The molecule has 2 heterocycles. The quantitative estimate of drug-likeness (QED) is 0.843. The van der Waals surface area contributed by atoms with E-state index in [1.54, 1.807) is 0 Å². The van der Waals surface area contributed by atoms with E-state index in [-0.39, 0.29) is 0 Å². The van der Waals surface area contributed by atoms with Gasteiger partial charge in [-0.25, -0.2) is 0 Å². The van der Waals surface area contributed by atoms with Crippen molar-refractivity contribution in [1.29, 1.82) is 0 Å². The van der Waals surface area contributed by atoms with E-state index in [1.165, 1.54) is 27.9 Å². The largest absolute Gasteiger partial charge is 0.305 e. The molecule has 21 heavy (non-hydrogen) atoms. The molecule has 2 aromatic rings. The molecule has 3 rings (SSSR count). The van der Waals surface area contributed by atoms with Gasteiger partial charge in [0.2, 0.25) is 0 Å². The molecule has 0 amide bonds. The number of hydrogen-bond donors (Lipinski definition) is 1. The summed E-state index contributed by atoms with van der Waals surface area (Å²) in [7, 11) is 0. The maximum atomic E-state index is 3.77. The van der Waals surface area contributed by atoms with E-state index in [9.17, 15) is 0 Å². The number of thiophene rings is 1. The molecular weight excluding hydrogens is 344 g/mol. The summed E-state index contributed by atoms with van der Waals surface area (Å²) in [5.74, 6) is 0. The lowest BCUT2D eigenvalue weighted by molar-refractivity contribution is 0.316. The molecule has 0 radical (unpaired) electrons. The van der Waals surface area contributed by atoms with Crippen LogP contribution in [0.3, 0.4) is 0 Å². The van der Waals surface area contributed by atoms with Crippen LogP contribution in [0.15, 0.2) is 46.3 Å².